The van der Waals surface area contributed by atoms with E-state index < -0.39 is 0 Å². The molecule has 0 heterocycles. The van der Waals surface area contributed by atoms with E-state index in [1.165, 1.54) is 0 Å². The predicted octanol–water partition coefficient (Wildman–Crippen LogP) is 6.39. The molecule has 3 aromatic carbocycles. The second-order valence-electron chi connectivity index (χ2n) is 6.31. The highest BCUT2D eigenvalue weighted by Crippen LogP contribution is 2.32. The highest BCUT2D eigenvalue weighted by Gasteiger charge is 2.22. The summed E-state index contributed by atoms with van der Waals surface area (Å²) in [6.45, 7) is 4.32. The van der Waals surface area contributed by atoms with Crippen molar-refractivity contribution in [3.8, 4) is 0 Å². The molecule has 1 atom stereocenters. The summed E-state index contributed by atoms with van der Waals surface area (Å²) in [5.74, 6) is 0.443. The smallest absolute Gasteiger partial charge is 0.167 e. The molecule has 0 aliphatic heterocycles. The largest absolute Gasteiger partial charge is 0.294 e. The lowest BCUT2D eigenvalue weighted by molar-refractivity contribution is 0.0911. The van der Waals surface area contributed by atoms with Crippen LogP contribution < -0.4 is 0 Å². The minimum absolute atomic E-state index is 0.129. The number of benzene rings is 3. The van der Waals surface area contributed by atoms with Gasteiger partial charge in [0.25, 0.3) is 0 Å². The molecule has 1 nitrogen and oxygen atoms in total. The SMILES string of the molecule is CCCCC(CC)C(=O)c1c2ccccc2cc2ccccc12. The molecule has 0 aliphatic rings. The molecule has 3 aromatic rings. The Hall–Kier alpha value is -2.15. The van der Waals surface area contributed by atoms with Gasteiger partial charge >= 0.3 is 0 Å². The van der Waals surface area contributed by atoms with Crippen molar-refractivity contribution in [2.75, 3.05) is 0 Å². The fraction of sp³-hybridized carbons (Fsp3) is 0.318. The van der Waals surface area contributed by atoms with Gasteiger partial charge in [0.05, 0.1) is 0 Å². The van der Waals surface area contributed by atoms with Gasteiger partial charge in [-0.05, 0) is 40.5 Å². The van der Waals surface area contributed by atoms with E-state index in [-0.39, 0.29) is 5.92 Å². The van der Waals surface area contributed by atoms with Gasteiger partial charge in [0.2, 0.25) is 0 Å². The van der Waals surface area contributed by atoms with Crippen molar-refractivity contribution >= 4 is 27.3 Å². The molecular weight excluding hydrogens is 280 g/mol. The van der Waals surface area contributed by atoms with E-state index in [2.05, 4.69) is 44.2 Å². The fourth-order valence-corrected chi connectivity index (χ4v) is 3.45. The van der Waals surface area contributed by atoms with E-state index in [4.69, 9.17) is 0 Å². The zero-order valence-corrected chi connectivity index (χ0v) is 14.0. The summed E-state index contributed by atoms with van der Waals surface area (Å²) in [5.41, 5.74) is 0.918. The third-order valence-electron chi connectivity index (χ3n) is 4.79. The maximum Gasteiger partial charge on any atom is 0.167 e. The minimum Gasteiger partial charge on any atom is -0.294 e. The molecule has 0 saturated carbocycles. The maximum absolute atomic E-state index is 13.3. The van der Waals surface area contributed by atoms with Crippen LogP contribution in [0.1, 0.15) is 49.9 Å². The molecule has 0 aliphatic carbocycles. The van der Waals surface area contributed by atoms with Gasteiger partial charge in [0.1, 0.15) is 0 Å². The molecule has 0 spiro atoms. The first kappa shape index (κ1) is 15.7. The van der Waals surface area contributed by atoms with Crippen molar-refractivity contribution in [1.29, 1.82) is 0 Å². The van der Waals surface area contributed by atoms with Gasteiger partial charge < -0.3 is 0 Å². The lowest BCUT2D eigenvalue weighted by Gasteiger charge is -2.17. The average Bonchev–Trinajstić information content (AvgIpc) is 2.60. The molecule has 1 heteroatoms. The normalized spacial score (nSPS) is 12.6. The van der Waals surface area contributed by atoms with Crippen LogP contribution in [0.5, 0.6) is 0 Å². The van der Waals surface area contributed by atoms with Crippen molar-refractivity contribution in [2.45, 2.75) is 39.5 Å². The summed E-state index contributed by atoms with van der Waals surface area (Å²) in [6.07, 6.45) is 4.16. The van der Waals surface area contributed by atoms with Crippen LogP contribution in [0.2, 0.25) is 0 Å². The molecule has 0 amide bonds. The molecule has 0 aromatic heterocycles. The van der Waals surface area contributed by atoms with Crippen LogP contribution in [0.15, 0.2) is 54.6 Å². The number of fused-ring (bicyclic) bond motifs is 2. The third-order valence-corrected chi connectivity index (χ3v) is 4.79. The summed E-state index contributed by atoms with van der Waals surface area (Å²) < 4.78 is 0. The Labute approximate surface area is 138 Å². The quantitative estimate of drug-likeness (QED) is 0.381. The van der Waals surface area contributed by atoms with Gasteiger partial charge in [-0.3, -0.25) is 4.79 Å². The Kier molecular flexibility index (Phi) is 4.76. The number of rotatable bonds is 6. The van der Waals surface area contributed by atoms with Gasteiger partial charge in [0.15, 0.2) is 5.78 Å². The second-order valence-corrected chi connectivity index (χ2v) is 6.31. The monoisotopic (exact) mass is 304 g/mol. The third kappa shape index (κ3) is 3.01. The molecular formula is C22H24O. The topological polar surface area (TPSA) is 17.1 Å². The van der Waals surface area contributed by atoms with Crippen LogP contribution in [0.4, 0.5) is 0 Å². The lowest BCUT2D eigenvalue weighted by atomic mass is 9.85. The van der Waals surface area contributed by atoms with Crippen molar-refractivity contribution in [2.24, 2.45) is 5.92 Å². The molecule has 23 heavy (non-hydrogen) atoms. The summed E-state index contributed by atoms with van der Waals surface area (Å²) in [4.78, 5) is 13.3. The zero-order valence-electron chi connectivity index (χ0n) is 14.0. The Morgan fingerprint density at radius 2 is 1.48 bits per heavy atom. The lowest BCUT2D eigenvalue weighted by Crippen LogP contribution is -2.15. The van der Waals surface area contributed by atoms with E-state index in [9.17, 15) is 4.79 Å². The highest BCUT2D eigenvalue weighted by atomic mass is 16.1. The number of carbonyl (C=O) groups is 1. The predicted molar refractivity (Wildman–Crippen MR) is 99.1 cm³/mol. The van der Waals surface area contributed by atoms with Crippen LogP contribution in [-0.2, 0) is 0 Å². The van der Waals surface area contributed by atoms with Gasteiger partial charge in [-0.1, -0.05) is 75.2 Å². The molecule has 1 unspecified atom stereocenters. The van der Waals surface area contributed by atoms with Gasteiger partial charge in [-0.15, -0.1) is 0 Å². The fourth-order valence-electron chi connectivity index (χ4n) is 3.45. The van der Waals surface area contributed by atoms with E-state index in [1.807, 2.05) is 24.3 Å². The zero-order chi connectivity index (χ0) is 16.2. The summed E-state index contributed by atoms with van der Waals surface area (Å²) in [5, 5.41) is 4.48. The number of Topliss-reactive ketones (excluding diaryl/α,β-unsaturated/α-hetero) is 1. The number of carbonyl (C=O) groups excluding carboxylic acids is 1. The summed E-state index contributed by atoms with van der Waals surface area (Å²) in [6, 6.07) is 18.7. The van der Waals surface area contributed by atoms with E-state index in [0.29, 0.717) is 5.78 Å². The molecule has 3 rings (SSSR count). The Morgan fingerprint density at radius 3 is 2.00 bits per heavy atom. The van der Waals surface area contributed by atoms with Crippen molar-refractivity contribution < 1.29 is 4.79 Å². The molecule has 0 N–H and O–H groups in total. The summed E-state index contributed by atoms with van der Waals surface area (Å²) in [7, 11) is 0. The first-order chi connectivity index (χ1) is 11.3. The van der Waals surface area contributed by atoms with Gasteiger partial charge in [-0.2, -0.15) is 0 Å². The van der Waals surface area contributed by atoms with Crippen LogP contribution >= 0.6 is 0 Å². The molecule has 0 radical (unpaired) electrons. The second kappa shape index (κ2) is 6.95. The minimum atomic E-state index is 0.129. The number of ketones is 1. The Morgan fingerprint density at radius 1 is 0.913 bits per heavy atom. The van der Waals surface area contributed by atoms with Crippen LogP contribution in [0, 0.1) is 5.92 Å². The number of unbranched alkanes of at least 4 members (excludes halogenated alkanes) is 1. The van der Waals surface area contributed by atoms with Crippen molar-refractivity contribution in [3.63, 3.8) is 0 Å². The summed E-state index contributed by atoms with van der Waals surface area (Å²) >= 11 is 0. The highest BCUT2D eigenvalue weighted by molar-refractivity contribution is 6.19. The molecule has 118 valence electrons. The number of hydrogen-bond donors (Lipinski definition) is 0. The average molecular weight is 304 g/mol. The molecule has 0 fully saturated rings. The first-order valence-corrected chi connectivity index (χ1v) is 8.71. The first-order valence-electron chi connectivity index (χ1n) is 8.71. The van der Waals surface area contributed by atoms with Gasteiger partial charge in [-0.25, -0.2) is 0 Å². The van der Waals surface area contributed by atoms with Crippen LogP contribution in [0.3, 0.4) is 0 Å². The van der Waals surface area contributed by atoms with Gasteiger partial charge in [0, 0.05) is 11.5 Å². The standard InChI is InChI=1S/C22H24O/c1-3-5-10-16(4-2)22(23)21-19-13-8-6-11-17(19)15-18-12-7-9-14-20(18)21/h6-9,11-16H,3-5,10H2,1-2H3. The van der Waals surface area contributed by atoms with E-state index in [0.717, 1.165) is 52.8 Å². The molecule has 0 saturated heterocycles. The van der Waals surface area contributed by atoms with E-state index in [1.54, 1.807) is 0 Å². The molecule has 0 bridgehead atoms. The Balaban J connectivity index is 2.21. The number of hydrogen-bond acceptors (Lipinski definition) is 1. The van der Waals surface area contributed by atoms with Crippen molar-refractivity contribution in [1.82, 2.24) is 0 Å². The van der Waals surface area contributed by atoms with Crippen molar-refractivity contribution in [3.05, 3.63) is 60.2 Å². The van der Waals surface area contributed by atoms with E-state index >= 15 is 0 Å². The Bertz CT molecular complexity index is 778. The maximum atomic E-state index is 13.3. The van der Waals surface area contributed by atoms with Crippen LogP contribution in [0.25, 0.3) is 21.5 Å². The van der Waals surface area contributed by atoms with Crippen LogP contribution in [-0.4, -0.2) is 5.78 Å².